The van der Waals surface area contributed by atoms with Crippen LogP contribution in [0.2, 0.25) is 0 Å². The molecular weight excluding hydrogens is 324 g/mol. The molecule has 0 aromatic carbocycles. The minimum absolute atomic E-state index is 0. The van der Waals surface area contributed by atoms with E-state index in [-0.39, 0.29) is 23.7 Å². The van der Waals surface area contributed by atoms with Crippen molar-refractivity contribution >= 4 is 18.3 Å². The Balaban J connectivity index is 0.00000288. The molecule has 0 aromatic rings. The lowest BCUT2D eigenvalue weighted by Crippen LogP contribution is -2.64. The van der Waals surface area contributed by atoms with E-state index in [4.69, 9.17) is 4.74 Å². The van der Waals surface area contributed by atoms with Gasteiger partial charge in [-0.15, -0.1) is 12.4 Å². The van der Waals surface area contributed by atoms with E-state index < -0.39 is 0 Å². The lowest BCUT2D eigenvalue weighted by Gasteiger charge is -2.55. The third-order valence-corrected chi connectivity index (χ3v) is 6.45. The van der Waals surface area contributed by atoms with Crippen LogP contribution >= 0.6 is 12.4 Å². The van der Waals surface area contributed by atoms with Gasteiger partial charge >= 0.3 is 0 Å². The van der Waals surface area contributed by atoms with Crippen molar-refractivity contribution in [1.29, 1.82) is 0 Å². The van der Waals surface area contributed by atoms with Crippen molar-refractivity contribution in [2.45, 2.75) is 78.4 Å². The van der Waals surface area contributed by atoms with Crippen LogP contribution in [0.4, 0.5) is 0 Å². The summed E-state index contributed by atoms with van der Waals surface area (Å²) in [5, 5.41) is 6.78. The quantitative estimate of drug-likeness (QED) is 0.696. The Bertz CT molecular complexity index is 382. The first kappa shape index (κ1) is 21.7. The first-order chi connectivity index (χ1) is 11.1. The Morgan fingerprint density at radius 2 is 2.04 bits per heavy atom. The third-order valence-electron chi connectivity index (χ3n) is 6.45. The smallest absolute Gasteiger partial charge is 0.220 e. The molecule has 4 nitrogen and oxygen atoms in total. The van der Waals surface area contributed by atoms with E-state index in [1.165, 1.54) is 12.8 Å². The molecule has 1 saturated heterocycles. The molecule has 1 heterocycles. The Hall–Kier alpha value is -0.320. The van der Waals surface area contributed by atoms with Crippen LogP contribution in [0.5, 0.6) is 0 Å². The van der Waals surface area contributed by atoms with Crippen molar-refractivity contribution in [3.05, 3.63) is 0 Å². The summed E-state index contributed by atoms with van der Waals surface area (Å²) in [6, 6.07) is 0.290. The Labute approximate surface area is 154 Å². The van der Waals surface area contributed by atoms with Crippen molar-refractivity contribution in [3.63, 3.8) is 0 Å². The molecule has 5 heteroatoms. The number of hydrogen-bond acceptors (Lipinski definition) is 3. The van der Waals surface area contributed by atoms with Gasteiger partial charge in [-0.1, -0.05) is 20.8 Å². The fourth-order valence-electron chi connectivity index (χ4n) is 4.66. The molecule has 4 atom stereocenters. The van der Waals surface area contributed by atoms with E-state index in [2.05, 4.69) is 38.3 Å². The fourth-order valence-corrected chi connectivity index (χ4v) is 4.66. The van der Waals surface area contributed by atoms with Crippen LogP contribution in [-0.2, 0) is 9.53 Å². The number of amides is 1. The van der Waals surface area contributed by atoms with Crippen molar-refractivity contribution < 1.29 is 9.53 Å². The Morgan fingerprint density at radius 1 is 1.33 bits per heavy atom. The number of carbonyl (C=O) groups is 1. The molecule has 142 valence electrons. The molecule has 24 heavy (non-hydrogen) atoms. The summed E-state index contributed by atoms with van der Waals surface area (Å²) < 4.78 is 5.90. The predicted octanol–water partition coefficient (Wildman–Crippen LogP) is 3.53. The molecule has 2 fully saturated rings. The fraction of sp³-hybridized carbons (Fsp3) is 0.947. The molecule has 2 N–H and O–H groups in total. The summed E-state index contributed by atoms with van der Waals surface area (Å²) in [6.45, 7) is 11.7. The largest absolute Gasteiger partial charge is 0.378 e. The second kappa shape index (κ2) is 9.98. The molecular formula is C19H37ClN2O2. The molecule has 0 radical (unpaired) electrons. The van der Waals surface area contributed by atoms with Gasteiger partial charge in [-0.3, -0.25) is 4.79 Å². The zero-order chi connectivity index (χ0) is 16.9. The number of piperidine rings is 1. The molecule has 2 rings (SSSR count). The van der Waals surface area contributed by atoms with E-state index in [0.717, 1.165) is 39.0 Å². The van der Waals surface area contributed by atoms with Crippen LogP contribution in [0.3, 0.4) is 0 Å². The van der Waals surface area contributed by atoms with Crippen LogP contribution in [-0.4, -0.2) is 37.7 Å². The highest BCUT2D eigenvalue weighted by atomic mass is 35.5. The van der Waals surface area contributed by atoms with E-state index in [9.17, 15) is 4.79 Å². The molecule has 0 spiro atoms. The van der Waals surface area contributed by atoms with Gasteiger partial charge < -0.3 is 15.4 Å². The summed E-state index contributed by atoms with van der Waals surface area (Å²) in [4.78, 5) is 12.5. The van der Waals surface area contributed by atoms with Gasteiger partial charge in [0.1, 0.15) is 0 Å². The van der Waals surface area contributed by atoms with Gasteiger partial charge in [0.2, 0.25) is 5.91 Å². The van der Waals surface area contributed by atoms with Gasteiger partial charge in [0.15, 0.2) is 0 Å². The second-order valence-electron chi connectivity index (χ2n) is 7.53. The number of nitrogens with one attached hydrogen (secondary N) is 2. The highest BCUT2D eigenvalue weighted by Crippen LogP contribution is 2.49. The van der Waals surface area contributed by atoms with E-state index in [0.29, 0.717) is 30.4 Å². The number of hydrogen-bond donors (Lipinski definition) is 2. The van der Waals surface area contributed by atoms with Gasteiger partial charge in [-0.05, 0) is 64.0 Å². The predicted molar refractivity (Wildman–Crippen MR) is 102 cm³/mol. The maximum Gasteiger partial charge on any atom is 0.220 e. The van der Waals surface area contributed by atoms with Crippen molar-refractivity contribution in [3.8, 4) is 0 Å². The average molecular weight is 361 g/mol. The lowest BCUT2D eigenvalue weighted by atomic mass is 9.58. The van der Waals surface area contributed by atoms with Crippen LogP contribution in [0.25, 0.3) is 0 Å². The summed E-state index contributed by atoms with van der Waals surface area (Å²) in [6.07, 6.45) is 6.58. The van der Waals surface area contributed by atoms with Crippen molar-refractivity contribution in [2.75, 3.05) is 19.7 Å². The lowest BCUT2D eigenvalue weighted by molar-refractivity contribution is -0.149. The van der Waals surface area contributed by atoms with Crippen LogP contribution in [0, 0.1) is 17.3 Å². The van der Waals surface area contributed by atoms with Gasteiger partial charge in [0.05, 0.1) is 6.10 Å². The molecule has 0 aromatic heterocycles. The Morgan fingerprint density at radius 3 is 2.58 bits per heavy atom. The average Bonchev–Trinajstić information content (AvgIpc) is 2.56. The van der Waals surface area contributed by atoms with E-state index in [1.807, 2.05) is 0 Å². The summed E-state index contributed by atoms with van der Waals surface area (Å²) in [5.41, 5.74) is 0.140. The number of carbonyl (C=O) groups excluding carboxylic acids is 1. The number of ether oxygens (including phenoxy) is 1. The number of halogens is 1. The van der Waals surface area contributed by atoms with E-state index >= 15 is 0 Å². The molecule has 4 unspecified atom stereocenters. The maximum atomic E-state index is 12.5. The van der Waals surface area contributed by atoms with E-state index in [1.54, 1.807) is 0 Å². The first-order valence-electron chi connectivity index (χ1n) is 9.69. The molecule has 1 aliphatic carbocycles. The summed E-state index contributed by atoms with van der Waals surface area (Å²) in [7, 11) is 0. The normalized spacial score (nSPS) is 29.9. The monoisotopic (exact) mass is 360 g/mol. The van der Waals surface area contributed by atoms with Gasteiger partial charge in [-0.2, -0.15) is 0 Å². The second-order valence-corrected chi connectivity index (χ2v) is 7.53. The maximum absolute atomic E-state index is 12.5. The highest BCUT2D eigenvalue weighted by molar-refractivity contribution is 5.85. The van der Waals surface area contributed by atoms with Crippen molar-refractivity contribution in [2.24, 2.45) is 17.3 Å². The van der Waals surface area contributed by atoms with Crippen LogP contribution < -0.4 is 10.6 Å². The first-order valence-corrected chi connectivity index (χ1v) is 9.69. The molecule has 1 aliphatic heterocycles. The Kier molecular flexibility index (Phi) is 9.03. The third kappa shape index (κ3) is 4.64. The highest BCUT2D eigenvalue weighted by Gasteiger charge is 2.53. The molecule has 2 aliphatic rings. The molecule has 0 bridgehead atoms. The zero-order valence-electron chi connectivity index (χ0n) is 15.9. The SMILES string of the molecule is CCOC1CC(NC(=O)CC(C)C2CCCNC2)C1(CC)CC.Cl. The van der Waals surface area contributed by atoms with Gasteiger partial charge in [-0.25, -0.2) is 0 Å². The topological polar surface area (TPSA) is 50.4 Å². The molecule has 1 amide bonds. The minimum Gasteiger partial charge on any atom is -0.378 e. The number of rotatable bonds is 8. The van der Waals surface area contributed by atoms with Crippen LogP contribution in [0.1, 0.15) is 66.2 Å². The minimum atomic E-state index is 0. The zero-order valence-corrected chi connectivity index (χ0v) is 16.7. The standard InChI is InChI=1S/C19H36N2O2.ClH/c1-5-19(6-2)16(12-17(19)23-7-3)21-18(22)11-14(4)15-9-8-10-20-13-15;/h14-17,20H,5-13H2,1-4H3,(H,21,22);1H. The van der Waals surface area contributed by atoms with Crippen LogP contribution in [0.15, 0.2) is 0 Å². The van der Waals surface area contributed by atoms with Crippen molar-refractivity contribution in [1.82, 2.24) is 10.6 Å². The summed E-state index contributed by atoms with van der Waals surface area (Å²) >= 11 is 0. The summed E-state index contributed by atoms with van der Waals surface area (Å²) in [5.74, 6) is 1.34. The van der Waals surface area contributed by atoms with Gasteiger partial charge in [0, 0.05) is 24.5 Å². The van der Waals surface area contributed by atoms with Gasteiger partial charge in [0.25, 0.3) is 0 Å². The molecule has 1 saturated carbocycles.